The van der Waals surface area contributed by atoms with Crippen molar-refractivity contribution in [3.8, 4) is 11.8 Å². The van der Waals surface area contributed by atoms with Gasteiger partial charge in [-0.2, -0.15) is 5.26 Å². The van der Waals surface area contributed by atoms with Crippen molar-refractivity contribution in [1.82, 2.24) is 4.57 Å². The van der Waals surface area contributed by atoms with Crippen LogP contribution in [0, 0.1) is 22.7 Å². The van der Waals surface area contributed by atoms with Crippen LogP contribution in [-0.4, -0.2) is 16.4 Å². The van der Waals surface area contributed by atoms with Crippen molar-refractivity contribution in [3.05, 3.63) is 52.3 Å². The largest absolute Gasteiger partial charge is 0.440 e. The molecule has 2 aromatic heterocycles. The predicted octanol–water partition coefficient (Wildman–Crippen LogP) is 4.00. The van der Waals surface area contributed by atoms with Crippen molar-refractivity contribution in [1.29, 1.82) is 10.7 Å². The highest BCUT2D eigenvalue weighted by atomic mass is 32.1. The highest BCUT2D eigenvalue weighted by Gasteiger charge is 2.42. The summed E-state index contributed by atoms with van der Waals surface area (Å²) in [6, 6.07) is 13.5. The number of nitrogens with one attached hydrogen (secondary N) is 1. The average Bonchev–Trinajstić information content (AvgIpc) is 3.19. The third kappa shape index (κ3) is 1.92. The zero-order chi connectivity index (χ0) is 16.8. The van der Waals surface area contributed by atoms with Crippen molar-refractivity contribution in [2.75, 3.05) is 0 Å². The minimum atomic E-state index is -0.751. The molecule has 5 nitrogen and oxygen atoms in total. The van der Waals surface area contributed by atoms with Gasteiger partial charge in [0.15, 0.2) is 5.75 Å². The van der Waals surface area contributed by atoms with E-state index in [4.69, 9.17) is 10.1 Å². The molecule has 6 heteroatoms. The fourth-order valence-electron chi connectivity index (χ4n) is 3.34. The molecule has 1 N–H and O–H groups in total. The molecule has 2 unspecified atom stereocenters. The van der Waals surface area contributed by atoms with Crippen LogP contribution in [0.4, 0.5) is 0 Å². The quantitative estimate of drug-likeness (QED) is 0.730. The topological polar surface area (TPSA) is 78.9 Å². The molecule has 0 fully saturated rings. The summed E-state index contributed by atoms with van der Waals surface area (Å²) in [6.07, 6.45) is 0. The molecule has 118 valence electrons. The lowest BCUT2D eigenvalue weighted by molar-refractivity contribution is 0.0936. The molecule has 0 bridgehead atoms. The van der Waals surface area contributed by atoms with Gasteiger partial charge in [-0.25, -0.2) is 0 Å². The summed E-state index contributed by atoms with van der Waals surface area (Å²) in [7, 11) is 0. The van der Waals surface area contributed by atoms with Crippen LogP contribution in [0.25, 0.3) is 10.9 Å². The lowest BCUT2D eigenvalue weighted by Gasteiger charge is -2.28. The maximum atomic E-state index is 12.4. The van der Waals surface area contributed by atoms with Crippen molar-refractivity contribution in [3.63, 3.8) is 0 Å². The molecular weight excluding hydrogens is 322 g/mol. The summed E-state index contributed by atoms with van der Waals surface area (Å²) < 4.78 is 7.32. The van der Waals surface area contributed by atoms with E-state index in [1.54, 1.807) is 4.57 Å². The molecule has 3 aromatic rings. The number of rotatable bonds is 1. The molecule has 0 aliphatic carbocycles. The summed E-state index contributed by atoms with van der Waals surface area (Å²) in [5.74, 6) is -0.839. The van der Waals surface area contributed by atoms with E-state index in [-0.39, 0.29) is 17.7 Å². The fraction of sp³-hybridized carbons (Fsp3) is 0.167. The Kier molecular flexibility index (Phi) is 3.25. The van der Waals surface area contributed by atoms with Gasteiger partial charge in [0.1, 0.15) is 5.92 Å². The Labute approximate surface area is 142 Å². The van der Waals surface area contributed by atoms with E-state index in [9.17, 15) is 10.1 Å². The van der Waals surface area contributed by atoms with E-state index in [1.165, 1.54) is 18.3 Å². The zero-order valence-corrected chi connectivity index (χ0v) is 13.6. The summed E-state index contributed by atoms with van der Waals surface area (Å²) >= 11 is 1.52. The molecule has 1 aromatic carbocycles. The van der Waals surface area contributed by atoms with Crippen molar-refractivity contribution < 1.29 is 9.53 Å². The Hall–Kier alpha value is -2.91. The monoisotopic (exact) mass is 335 g/mol. The molecule has 3 heterocycles. The van der Waals surface area contributed by atoms with Gasteiger partial charge in [0.25, 0.3) is 0 Å². The molecule has 0 saturated carbocycles. The van der Waals surface area contributed by atoms with Gasteiger partial charge < -0.3 is 4.74 Å². The molecule has 0 radical (unpaired) electrons. The second-order valence-corrected chi connectivity index (χ2v) is 6.63. The Bertz CT molecular complexity index is 1010. The molecule has 0 saturated heterocycles. The van der Waals surface area contributed by atoms with E-state index in [0.717, 1.165) is 15.8 Å². The molecular formula is C18H13N3O2S. The third-order valence-corrected chi connectivity index (χ3v) is 5.24. The number of carbonyl (C=O) groups excluding carboxylic acids is 1. The normalized spacial score (nSPS) is 19.6. The molecule has 24 heavy (non-hydrogen) atoms. The number of nitriles is 1. The molecule has 1 aliphatic heterocycles. The number of fused-ring (bicyclic) bond motifs is 3. The number of para-hydroxylation sites is 1. The molecule has 2 atom stereocenters. The van der Waals surface area contributed by atoms with Gasteiger partial charge in [-0.3, -0.25) is 14.8 Å². The van der Waals surface area contributed by atoms with Crippen LogP contribution in [0.1, 0.15) is 28.2 Å². The SMILES string of the molecule is CC(=O)n1c2c(c3ccccc31)OC(=N)C(C#N)C2c1cccs1. The minimum Gasteiger partial charge on any atom is -0.440 e. The summed E-state index contributed by atoms with van der Waals surface area (Å²) in [5.41, 5.74) is 1.40. The number of hydrogen-bond donors (Lipinski definition) is 1. The van der Waals surface area contributed by atoms with Crippen LogP contribution in [0.2, 0.25) is 0 Å². The second-order valence-electron chi connectivity index (χ2n) is 5.65. The lowest BCUT2D eigenvalue weighted by Crippen LogP contribution is -2.32. The van der Waals surface area contributed by atoms with E-state index >= 15 is 0 Å². The highest BCUT2D eigenvalue weighted by molar-refractivity contribution is 7.10. The van der Waals surface area contributed by atoms with E-state index in [1.807, 2.05) is 41.8 Å². The predicted molar refractivity (Wildman–Crippen MR) is 91.9 cm³/mol. The van der Waals surface area contributed by atoms with Crippen LogP contribution >= 0.6 is 11.3 Å². The van der Waals surface area contributed by atoms with E-state index in [2.05, 4.69) is 6.07 Å². The minimum absolute atomic E-state index is 0.0742. The summed E-state index contributed by atoms with van der Waals surface area (Å²) in [6.45, 7) is 1.50. The number of benzene rings is 1. The van der Waals surface area contributed by atoms with Crippen molar-refractivity contribution in [2.24, 2.45) is 5.92 Å². The number of nitrogens with zero attached hydrogens (tertiary/aromatic N) is 2. The van der Waals surface area contributed by atoms with Gasteiger partial charge in [0, 0.05) is 17.2 Å². The first-order chi connectivity index (χ1) is 11.6. The molecule has 0 spiro atoms. The van der Waals surface area contributed by atoms with E-state index < -0.39 is 5.92 Å². The van der Waals surface area contributed by atoms with E-state index in [0.29, 0.717) is 11.4 Å². The lowest BCUT2D eigenvalue weighted by atomic mass is 9.86. The highest BCUT2D eigenvalue weighted by Crippen LogP contribution is 2.48. The van der Waals surface area contributed by atoms with Crippen molar-refractivity contribution >= 4 is 34.0 Å². The summed E-state index contributed by atoms with van der Waals surface area (Å²) in [4.78, 5) is 13.3. The number of aromatic nitrogens is 1. The third-order valence-electron chi connectivity index (χ3n) is 4.29. The number of ether oxygens (including phenoxy) is 1. The number of thiophene rings is 1. The van der Waals surface area contributed by atoms with Crippen LogP contribution in [-0.2, 0) is 0 Å². The van der Waals surface area contributed by atoms with Crippen LogP contribution < -0.4 is 4.74 Å². The van der Waals surface area contributed by atoms with Crippen LogP contribution in [0.3, 0.4) is 0 Å². The standard InChI is InChI=1S/C18H13N3O2S/c1-10(22)21-13-6-3-2-5-11(13)17-16(21)15(14-7-4-8-24-14)12(9-19)18(20)23-17/h2-8,12,15,20H,1H3. The number of carbonyl (C=O) groups is 1. The Balaban J connectivity index is 2.12. The first kappa shape index (κ1) is 14.7. The van der Waals surface area contributed by atoms with Gasteiger partial charge in [0.05, 0.1) is 23.2 Å². The molecule has 4 rings (SSSR count). The average molecular weight is 335 g/mol. The zero-order valence-electron chi connectivity index (χ0n) is 12.8. The maximum absolute atomic E-state index is 12.4. The Morgan fingerprint density at radius 2 is 2.12 bits per heavy atom. The Morgan fingerprint density at radius 1 is 1.33 bits per heavy atom. The van der Waals surface area contributed by atoms with Crippen molar-refractivity contribution in [2.45, 2.75) is 12.8 Å². The fourth-order valence-corrected chi connectivity index (χ4v) is 4.21. The van der Waals surface area contributed by atoms with Gasteiger partial charge in [0.2, 0.25) is 11.8 Å². The van der Waals surface area contributed by atoms with Gasteiger partial charge in [-0.05, 0) is 23.6 Å². The van der Waals surface area contributed by atoms with Gasteiger partial charge in [-0.1, -0.05) is 18.2 Å². The van der Waals surface area contributed by atoms with Crippen LogP contribution in [0.15, 0.2) is 41.8 Å². The van der Waals surface area contributed by atoms with Crippen LogP contribution in [0.5, 0.6) is 5.75 Å². The second kappa shape index (κ2) is 5.32. The molecule has 0 amide bonds. The first-order valence-electron chi connectivity index (χ1n) is 7.47. The summed E-state index contributed by atoms with van der Waals surface area (Å²) in [5, 5.41) is 20.5. The van der Waals surface area contributed by atoms with Gasteiger partial charge >= 0.3 is 0 Å². The molecule has 1 aliphatic rings. The Morgan fingerprint density at radius 3 is 2.79 bits per heavy atom. The van der Waals surface area contributed by atoms with Gasteiger partial charge in [-0.15, -0.1) is 11.3 Å². The first-order valence-corrected chi connectivity index (χ1v) is 8.35. The maximum Gasteiger partial charge on any atom is 0.228 e. The smallest absolute Gasteiger partial charge is 0.228 e. The number of hydrogen-bond acceptors (Lipinski definition) is 5.